The van der Waals surface area contributed by atoms with Crippen molar-refractivity contribution in [1.82, 2.24) is 0 Å². The van der Waals surface area contributed by atoms with E-state index in [0.29, 0.717) is 35.1 Å². The summed E-state index contributed by atoms with van der Waals surface area (Å²) in [6.07, 6.45) is 0. The summed E-state index contributed by atoms with van der Waals surface area (Å²) in [5.41, 5.74) is 3.58. The van der Waals surface area contributed by atoms with Crippen molar-refractivity contribution in [3.63, 3.8) is 0 Å². The van der Waals surface area contributed by atoms with Gasteiger partial charge in [0.15, 0.2) is 0 Å². The molecule has 1 heterocycles. The SMILES string of the molecule is Br.COc1ccccc1NS(=O)(=O)c1cc(N2Cc3ccccc3C2=N)ccc1C. The maximum absolute atomic E-state index is 13.1. The summed E-state index contributed by atoms with van der Waals surface area (Å²) in [6, 6.07) is 19.8. The van der Waals surface area contributed by atoms with Crippen molar-refractivity contribution < 1.29 is 13.2 Å². The summed E-state index contributed by atoms with van der Waals surface area (Å²) in [7, 11) is -2.34. The van der Waals surface area contributed by atoms with Crippen LogP contribution in [0, 0.1) is 12.3 Å². The lowest BCUT2D eigenvalue weighted by molar-refractivity contribution is 0.417. The number of anilines is 2. The lowest BCUT2D eigenvalue weighted by atomic mass is 10.1. The molecular formula is C22H22BrN3O3S. The summed E-state index contributed by atoms with van der Waals surface area (Å²) in [6.45, 7) is 2.29. The Morgan fingerprint density at radius 2 is 1.73 bits per heavy atom. The molecule has 6 nitrogen and oxygen atoms in total. The van der Waals surface area contributed by atoms with Crippen LogP contribution in [0.15, 0.2) is 71.6 Å². The van der Waals surface area contributed by atoms with Gasteiger partial charge in [-0.05, 0) is 42.3 Å². The lowest BCUT2D eigenvalue weighted by Crippen LogP contribution is -2.24. The van der Waals surface area contributed by atoms with Gasteiger partial charge in [-0.15, -0.1) is 17.0 Å². The van der Waals surface area contributed by atoms with Gasteiger partial charge in [0.1, 0.15) is 11.6 Å². The first kappa shape index (κ1) is 21.9. The molecule has 2 N–H and O–H groups in total. The maximum Gasteiger partial charge on any atom is 0.262 e. The number of halogens is 1. The Balaban J connectivity index is 0.00000256. The van der Waals surface area contributed by atoms with E-state index in [9.17, 15) is 8.42 Å². The second kappa shape index (κ2) is 8.49. The summed E-state index contributed by atoms with van der Waals surface area (Å²) in [5.74, 6) is 0.812. The van der Waals surface area contributed by atoms with Crippen LogP contribution in [0.4, 0.5) is 11.4 Å². The van der Waals surface area contributed by atoms with Crippen molar-refractivity contribution in [3.05, 3.63) is 83.4 Å². The number of methoxy groups -OCH3 is 1. The molecule has 0 radical (unpaired) electrons. The predicted molar refractivity (Wildman–Crippen MR) is 125 cm³/mol. The third-order valence-corrected chi connectivity index (χ3v) is 6.50. The number of benzene rings is 3. The van der Waals surface area contributed by atoms with E-state index in [4.69, 9.17) is 10.1 Å². The van der Waals surface area contributed by atoms with Gasteiger partial charge in [-0.3, -0.25) is 10.1 Å². The van der Waals surface area contributed by atoms with Crippen LogP contribution < -0.4 is 14.4 Å². The molecule has 3 aromatic carbocycles. The van der Waals surface area contributed by atoms with Gasteiger partial charge in [0.05, 0.1) is 24.2 Å². The fourth-order valence-electron chi connectivity index (χ4n) is 3.48. The number of sulfonamides is 1. The van der Waals surface area contributed by atoms with Crippen molar-refractivity contribution in [2.75, 3.05) is 16.7 Å². The zero-order valence-corrected chi connectivity index (χ0v) is 19.1. The standard InChI is InChI=1S/C22H21N3O3S.BrH/c1-15-11-12-17(25-14-16-7-3-4-8-18(16)22(25)23)13-21(15)29(26,27)24-19-9-5-6-10-20(19)28-2;/h3-13,23-24H,14H2,1-2H3;1H. The van der Waals surface area contributed by atoms with Crippen molar-refractivity contribution in [3.8, 4) is 5.75 Å². The zero-order valence-electron chi connectivity index (χ0n) is 16.5. The third-order valence-electron chi connectivity index (χ3n) is 5.00. The summed E-state index contributed by atoms with van der Waals surface area (Å²) < 4.78 is 34.1. The van der Waals surface area contributed by atoms with Crippen LogP contribution >= 0.6 is 17.0 Å². The molecule has 30 heavy (non-hydrogen) atoms. The van der Waals surface area contributed by atoms with E-state index in [-0.39, 0.29) is 21.9 Å². The number of aryl methyl sites for hydroxylation is 1. The highest BCUT2D eigenvalue weighted by Crippen LogP contribution is 2.32. The highest BCUT2D eigenvalue weighted by molar-refractivity contribution is 8.93. The molecule has 0 aromatic heterocycles. The summed E-state index contributed by atoms with van der Waals surface area (Å²) in [5, 5.41) is 8.48. The van der Waals surface area contributed by atoms with E-state index in [2.05, 4.69) is 4.72 Å². The number of nitrogens with zero attached hydrogens (tertiary/aromatic N) is 1. The molecule has 0 bridgehead atoms. The van der Waals surface area contributed by atoms with Gasteiger partial charge in [-0.2, -0.15) is 0 Å². The van der Waals surface area contributed by atoms with E-state index in [1.807, 2.05) is 35.2 Å². The molecule has 1 aliphatic heterocycles. The second-order valence-electron chi connectivity index (χ2n) is 6.85. The average Bonchev–Trinajstić information content (AvgIpc) is 3.05. The minimum absolute atomic E-state index is 0. The first-order valence-corrected chi connectivity index (χ1v) is 10.6. The van der Waals surface area contributed by atoms with Gasteiger partial charge in [0, 0.05) is 11.3 Å². The molecule has 0 unspecified atom stereocenters. The summed E-state index contributed by atoms with van der Waals surface area (Å²) in [4.78, 5) is 1.98. The molecule has 4 rings (SSSR count). The van der Waals surface area contributed by atoms with Crippen molar-refractivity contribution >= 4 is 44.2 Å². The Kier molecular flexibility index (Phi) is 6.19. The average molecular weight is 488 g/mol. The van der Waals surface area contributed by atoms with E-state index in [1.54, 1.807) is 43.3 Å². The van der Waals surface area contributed by atoms with Gasteiger partial charge >= 0.3 is 0 Å². The Morgan fingerprint density at radius 3 is 2.47 bits per heavy atom. The Hall–Kier alpha value is -2.84. The number of fused-ring (bicyclic) bond motifs is 1. The van der Waals surface area contributed by atoms with Gasteiger partial charge < -0.3 is 9.64 Å². The first-order chi connectivity index (χ1) is 13.9. The normalized spacial score (nSPS) is 12.9. The van der Waals surface area contributed by atoms with Crippen LogP contribution in [-0.2, 0) is 16.6 Å². The minimum atomic E-state index is -3.84. The molecule has 0 saturated carbocycles. The van der Waals surface area contributed by atoms with Gasteiger partial charge in [-0.1, -0.05) is 42.5 Å². The number of amidine groups is 1. The van der Waals surface area contributed by atoms with Crippen LogP contribution in [0.1, 0.15) is 16.7 Å². The largest absolute Gasteiger partial charge is 0.495 e. The molecule has 0 amide bonds. The molecule has 0 spiro atoms. The highest BCUT2D eigenvalue weighted by atomic mass is 79.9. The molecule has 156 valence electrons. The van der Waals surface area contributed by atoms with Gasteiger partial charge in [0.25, 0.3) is 10.0 Å². The Bertz CT molecular complexity index is 1210. The number of nitrogens with one attached hydrogen (secondary N) is 2. The molecular weight excluding hydrogens is 466 g/mol. The molecule has 0 atom stereocenters. The van der Waals surface area contributed by atoms with Crippen molar-refractivity contribution in [1.29, 1.82) is 5.41 Å². The van der Waals surface area contributed by atoms with Gasteiger partial charge in [-0.25, -0.2) is 8.42 Å². The van der Waals surface area contributed by atoms with Crippen LogP contribution in [0.2, 0.25) is 0 Å². The third kappa shape index (κ3) is 3.93. The highest BCUT2D eigenvalue weighted by Gasteiger charge is 2.27. The minimum Gasteiger partial charge on any atom is -0.495 e. The number of hydrogen-bond donors (Lipinski definition) is 2. The van der Waals surface area contributed by atoms with E-state index in [1.165, 1.54) is 7.11 Å². The molecule has 0 saturated heterocycles. The quantitative estimate of drug-likeness (QED) is 0.544. The molecule has 3 aromatic rings. The number of rotatable bonds is 5. The lowest BCUT2D eigenvalue weighted by Gasteiger charge is -2.20. The van der Waals surface area contributed by atoms with Crippen molar-refractivity contribution in [2.45, 2.75) is 18.4 Å². The fourth-order valence-corrected chi connectivity index (χ4v) is 4.82. The van der Waals surface area contributed by atoms with Crippen molar-refractivity contribution in [2.24, 2.45) is 0 Å². The van der Waals surface area contributed by atoms with Crippen LogP contribution in [-0.4, -0.2) is 21.4 Å². The number of para-hydroxylation sites is 2. The first-order valence-electron chi connectivity index (χ1n) is 9.11. The Labute approximate surface area is 186 Å². The number of hydrogen-bond acceptors (Lipinski definition) is 4. The molecule has 1 aliphatic rings. The van der Waals surface area contributed by atoms with Crippen LogP contribution in [0.5, 0.6) is 5.75 Å². The maximum atomic E-state index is 13.1. The fraction of sp³-hybridized carbons (Fsp3) is 0.136. The number of ether oxygens (including phenoxy) is 1. The second-order valence-corrected chi connectivity index (χ2v) is 8.50. The van der Waals surface area contributed by atoms with Crippen LogP contribution in [0.25, 0.3) is 0 Å². The predicted octanol–water partition coefficient (Wildman–Crippen LogP) is 4.73. The summed E-state index contributed by atoms with van der Waals surface area (Å²) >= 11 is 0. The van der Waals surface area contributed by atoms with Crippen LogP contribution in [0.3, 0.4) is 0 Å². The van der Waals surface area contributed by atoms with E-state index < -0.39 is 10.0 Å². The topological polar surface area (TPSA) is 82.5 Å². The molecule has 8 heteroatoms. The van der Waals surface area contributed by atoms with Gasteiger partial charge in [0.2, 0.25) is 0 Å². The molecule has 0 aliphatic carbocycles. The zero-order chi connectivity index (χ0) is 20.6. The monoisotopic (exact) mass is 487 g/mol. The van der Waals surface area contributed by atoms with E-state index in [0.717, 1.165) is 11.1 Å². The Morgan fingerprint density at radius 1 is 1.03 bits per heavy atom. The smallest absolute Gasteiger partial charge is 0.262 e. The molecule has 0 fully saturated rings. The van der Waals surface area contributed by atoms with E-state index >= 15 is 0 Å².